The molecule has 0 aromatic carbocycles. The molecule has 1 aliphatic heterocycles. The highest BCUT2D eigenvalue weighted by Gasteiger charge is 2.16. The predicted octanol–water partition coefficient (Wildman–Crippen LogP) is 3.30. The average Bonchev–Trinajstić information content (AvgIpc) is 2.20. The molecule has 1 saturated carbocycles. The van der Waals surface area contributed by atoms with Crippen molar-refractivity contribution in [3.63, 3.8) is 0 Å². The van der Waals surface area contributed by atoms with Crippen molar-refractivity contribution in [3.05, 3.63) is 0 Å². The molecule has 0 atom stereocenters. The maximum atomic E-state index is 9.23. The van der Waals surface area contributed by atoms with Crippen molar-refractivity contribution in [3.8, 4) is 0 Å². The van der Waals surface area contributed by atoms with E-state index in [0.717, 1.165) is 37.8 Å². The fourth-order valence-corrected chi connectivity index (χ4v) is 2.52. The molecule has 0 bridgehead atoms. The molecule has 0 radical (unpaired) electrons. The van der Waals surface area contributed by atoms with Gasteiger partial charge in [-0.05, 0) is 24.7 Å². The number of aliphatic hydroxyl groups excluding tert-OH is 1. The third-order valence-electron chi connectivity index (χ3n) is 3.98. The first-order valence-corrected chi connectivity index (χ1v) is 7.52. The van der Waals surface area contributed by atoms with Gasteiger partial charge in [-0.25, -0.2) is 0 Å². The zero-order chi connectivity index (χ0) is 12.7. The second kappa shape index (κ2) is 8.10. The molecule has 1 saturated heterocycles. The van der Waals surface area contributed by atoms with E-state index in [1.807, 2.05) is 0 Å². The number of piperidine rings is 1. The van der Waals surface area contributed by atoms with E-state index >= 15 is 0 Å². The Hall–Kier alpha value is -0.0800. The maximum Gasteiger partial charge on any atom is 0.0564 e. The Bertz CT molecular complexity index is 179. The Labute approximate surface area is 107 Å². The van der Waals surface area contributed by atoms with Crippen LogP contribution in [0.2, 0.25) is 0 Å². The average molecular weight is 241 g/mol. The van der Waals surface area contributed by atoms with Crippen LogP contribution in [0.3, 0.4) is 0 Å². The van der Waals surface area contributed by atoms with E-state index in [9.17, 15) is 5.11 Å². The summed E-state index contributed by atoms with van der Waals surface area (Å²) < 4.78 is 0. The number of hydrogen-bond acceptors (Lipinski definition) is 2. The van der Waals surface area contributed by atoms with Gasteiger partial charge in [-0.3, -0.25) is 0 Å². The molecular weight excluding hydrogens is 210 g/mol. The smallest absolute Gasteiger partial charge is 0.0564 e. The lowest BCUT2D eigenvalue weighted by atomic mass is 9.84. The Morgan fingerprint density at radius 2 is 1.71 bits per heavy atom. The molecule has 0 aromatic heterocycles. The van der Waals surface area contributed by atoms with Gasteiger partial charge in [0.05, 0.1) is 6.10 Å². The van der Waals surface area contributed by atoms with Crippen LogP contribution in [0.5, 0.6) is 0 Å². The highest BCUT2D eigenvalue weighted by Crippen LogP contribution is 2.28. The lowest BCUT2D eigenvalue weighted by Gasteiger charge is -2.30. The van der Waals surface area contributed by atoms with Crippen LogP contribution >= 0.6 is 0 Å². The van der Waals surface area contributed by atoms with Crippen LogP contribution in [0.15, 0.2) is 0 Å². The van der Waals surface area contributed by atoms with Gasteiger partial charge in [0.2, 0.25) is 0 Å². The summed E-state index contributed by atoms with van der Waals surface area (Å²) in [5, 5.41) is 9.23. The van der Waals surface area contributed by atoms with Crippen LogP contribution in [-0.4, -0.2) is 35.7 Å². The normalized spacial score (nSPS) is 23.1. The second-order valence-corrected chi connectivity index (χ2v) is 6.13. The second-order valence-electron chi connectivity index (χ2n) is 6.13. The number of nitrogens with zero attached hydrogens (tertiary/aromatic N) is 1. The standard InChI is InChI=1S/C9H19NO.C6H12/c1-8(2)7-10-5-3-9(11)4-6-10;1-2-6-4-3-5-6/h8-9,11H,3-7H2,1-2H3;6H,2-5H2,1H3. The van der Waals surface area contributed by atoms with Crippen LogP contribution in [0.1, 0.15) is 59.3 Å². The summed E-state index contributed by atoms with van der Waals surface area (Å²) in [5.41, 5.74) is 0. The number of rotatable bonds is 3. The largest absolute Gasteiger partial charge is 0.393 e. The van der Waals surface area contributed by atoms with Crippen molar-refractivity contribution in [2.24, 2.45) is 11.8 Å². The van der Waals surface area contributed by atoms with Gasteiger partial charge in [-0.1, -0.05) is 46.5 Å². The summed E-state index contributed by atoms with van der Waals surface area (Å²) in [6.45, 7) is 10.1. The minimum Gasteiger partial charge on any atom is -0.393 e. The van der Waals surface area contributed by atoms with Crippen molar-refractivity contribution < 1.29 is 5.11 Å². The van der Waals surface area contributed by atoms with Gasteiger partial charge in [0, 0.05) is 19.6 Å². The Morgan fingerprint density at radius 1 is 1.12 bits per heavy atom. The molecule has 2 heteroatoms. The minimum absolute atomic E-state index is 0.0292. The van der Waals surface area contributed by atoms with Crippen LogP contribution in [0, 0.1) is 11.8 Å². The lowest BCUT2D eigenvalue weighted by Crippen LogP contribution is -2.37. The van der Waals surface area contributed by atoms with Gasteiger partial charge >= 0.3 is 0 Å². The van der Waals surface area contributed by atoms with Gasteiger partial charge in [0.25, 0.3) is 0 Å². The zero-order valence-electron chi connectivity index (χ0n) is 12.0. The molecule has 2 nitrogen and oxygen atoms in total. The third kappa shape index (κ3) is 6.42. The SMILES string of the molecule is CC(C)CN1CCC(O)CC1.CCC1CCC1. The number of hydrogen-bond donors (Lipinski definition) is 1. The fourth-order valence-electron chi connectivity index (χ4n) is 2.52. The van der Waals surface area contributed by atoms with Gasteiger partial charge in [0.1, 0.15) is 0 Å². The lowest BCUT2D eigenvalue weighted by molar-refractivity contribution is 0.0772. The molecule has 2 aliphatic rings. The highest BCUT2D eigenvalue weighted by atomic mass is 16.3. The third-order valence-corrected chi connectivity index (χ3v) is 3.98. The maximum absolute atomic E-state index is 9.23. The van der Waals surface area contributed by atoms with Gasteiger partial charge < -0.3 is 10.0 Å². The van der Waals surface area contributed by atoms with Crippen LogP contribution in [0.4, 0.5) is 0 Å². The zero-order valence-corrected chi connectivity index (χ0v) is 12.0. The first kappa shape index (κ1) is 15.0. The van der Waals surface area contributed by atoms with Crippen molar-refractivity contribution >= 4 is 0 Å². The van der Waals surface area contributed by atoms with Crippen molar-refractivity contribution in [1.29, 1.82) is 0 Å². The monoisotopic (exact) mass is 241 g/mol. The molecule has 2 fully saturated rings. The van der Waals surface area contributed by atoms with Crippen molar-refractivity contribution in [2.75, 3.05) is 19.6 Å². The van der Waals surface area contributed by atoms with E-state index in [1.165, 1.54) is 32.2 Å². The van der Waals surface area contributed by atoms with E-state index in [4.69, 9.17) is 0 Å². The van der Waals surface area contributed by atoms with Gasteiger partial charge in [-0.2, -0.15) is 0 Å². The summed E-state index contributed by atoms with van der Waals surface area (Å²) in [4.78, 5) is 2.44. The molecule has 1 heterocycles. The molecule has 2 rings (SSSR count). The van der Waals surface area contributed by atoms with E-state index in [2.05, 4.69) is 25.7 Å². The van der Waals surface area contributed by atoms with Gasteiger partial charge in [0.15, 0.2) is 0 Å². The van der Waals surface area contributed by atoms with E-state index in [0.29, 0.717) is 0 Å². The topological polar surface area (TPSA) is 23.5 Å². The first-order chi connectivity index (χ1) is 8.11. The first-order valence-electron chi connectivity index (χ1n) is 7.52. The summed E-state index contributed by atoms with van der Waals surface area (Å²) in [7, 11) is 0. The molecule has 17 heavy (non-hydrogen) atoms. The highest BCUT2D eigenvalue weighted by molar-refractivity contribution is 4.71. The summed E-state index contributed by atoms with van der Waals surface area (Å²) >= 11 is 0. The molecule has 0 aromatic rings. The van der Waals surface area contributed by atoms with Crippen molar-refractivity contribution in [2.45, 2.75) is 65.4 Å². The molecule has 1 N–H and O–H groups in total. The predicted molar refractivity (Wildman–Crippen MR) is 74.2 cm³/mol. The van der Waals surface area contributed by atoms with Crippen molar-refractivity contribution in [1.82, 2.24) is 4.90 Å². The fraction of sp³-hybridized carbons (Fsp3) is 1.00. The molecule has 0 amide bonds. The van der Waals surface area contributed by atoms with Crippen LogP contribution in [-0.2, 0) is 0 Å². The quantitative estimate of drug-likeness (QED) is 0.819. The van der Waals surface area contributed by atoms with E-state index < -0.39 is 0 Å². The van der Waals surface area contributed by atoms with E-state index in [1.54, 1.807) is 0 Å². The number of likely N-dealkylation sites (tertiary alicyclic amines) is 1. The van der Waals surface area contributed by atoms with E-state index in [-0.39, 0.29) is 6.10 Å². The Balaban J connectivity index is 0.000000202. The molecule has 0 spiro atoms. The summed E-state index contributed by atoms with van der Waals surface area (Å²) in [6, 6.07) is 0. The summed E-state index contributed by atoms with van der Waals surface area (Å²) in [5.74, 6) is 1.87. The molecular formula is C15H31NO. The van der Waals surface area contributed by atoms with Gasteiger partial charge in [-0.15, -0.1) is 0 Å². The Kier molecular flexibility index (Phi) is 7.14. The molecule has 1 aliphatic carbocycles. The Morgan fingerprint density at radius 3 is 2.00 bits per heavy atom. The molecule has 0 unspecified atom stereocenters. The molecule has 102 valence electrons. The summed E-state index contributed by atoms with van der Waals surface area (Å²) in [6.07, 6.45) is 7.84. The minimum atomic E-state index is -0.0292. The van der Waals surface area contributed by atoms with Crippen LogP contribution in [0.25, 0.3) is 0 Å². The van der Waals surface area contributed by atoms with Crippen LogP contribution < -0.4 is 0 Å². The number of aliphatic hydroxyl groups is 1.